The van der Waals surface area contributed by atoms with Gasteiger partial charge in [0.2, 0.25) is 5.91 Å². The van der Waals surface area contributed by atoms with Crippen LogP contribution in [-0.2, 0) is 4.79 Å². The van der Waals surface area contributed by atoms with Gasteiger partial charge >= 0.3 is 0 Å². The third kappa shape index (κ3) is 5.61. The largest absolute Gasteiger partial charge is 0.388 e. The van der Waals surface area contributed by atoms with Crippen LogP contribution in [0.4, 0.5) is 5.69 Å². The van der Waals surface area contributed by atoms with Crippen molar-refractivity contribution in [3.05, 3.63) is 29.8 Å². The van der Waals surface area contributed by atoms with Crippen molar-refractivity contribution in [3.8, 4) is 0 Å². The van der Waals surface area contributed by atoms with Gasteiger partial charge in [-0.15, -0.1) is 0 Å². The van der Waals surface area contributed by atoms with Crippen LogP contribution in [0.2, 0.25) is 0 Å². The summed E-state index contributed by atoms with van der Waals surface area (Å²) >= 11 is 0. The molecule has 0 spiro atoms. The molecule has 0 aromatic heterocycles. The minimum Gasteiger partial charge on any atom is -0.388 e. The second kappa shape index (κ2) is 9.01. The smallest absolute Gasteiger partial charge is 0.224 e. The van der Waals surface area contributed by atoms with Crippen LogP contribution in [0, 0.1) is 0 Å². The Kier molecular flexibility index (Phi) is 7.02. The normalized spacial score (nSPS) is 17.9. The van der Waals surface area contributed by atoms with Crippen LogP contribution in [0.5, 0.6) is 0 Å². The Morgan fingerprint density at radius 1 is 1.13 bits per heavy atom. The molecule has 1 atom stereocenters. The van der Waals surface area contributed by atoms with Crippen LogP contribution in [0.15, 0.2) is 24.3 Å². The minimum atomic E-state index is -0.449. The molecule has 1 saturated heterocycles. The van der Waals surface area contributed by atoms with E-state index in [1.54, 1.807) is 0 Å². The van der Waals surface area contributed by atoms with Crippen molar-refractivity contribution in [2.45, 2.75) is 32.8 Å². The molecule has 1 aliphatic rings. The van der Waals surface area contributed by atoms with Crippen molar-refractivity contribution in [1.29, 1.82) is 0 Å². The Bertz CT molecular complexity index is 482. The average Bonchev–Trinajstić information content (AvgIpc) is 2.60. The van der Waals surface area contributed by atoms with Gasteiger partial charge in [0, 0.05) is 44.8 Å². The van der Waals surface area contributed by atoms with Gasteiger partial charge in [0.25, 0.3) is 0 Å². The van der Waals surface area contributed by atoms with E-state index in [0.717, 1.165) is 56.9 Å². The first kappa shape index (κ1) is 17.9. The van der Waals surface area contributed by atoms with E-state index in [9.17, 15) is 9.90 Å². The third-order valence-electron chi connectivity index (χ3n) is 4.53. The maximum atomic E-state index is 11.4. The zero-order valence-electron chi connectivity index (χ0n) is 14.3. The van der Waals surface area contributed by atoms with E-state index >= 15 is 0 Å². The number of likely N-dealkylation sites (N-methyl/N-ethyl adjacent to an activating group) is 1. The predicted octanol–water partition coefficient (Wildman–Crippen LogP) is 2.10. The molecule has 23 heavy (non-hydrogen) atoms. The molecule has 0 aliphatic carbocycles. The molecule has 1 amide bonds. The molecule has 2 rings (SSSR count). The number of amides is 1. The summed E-state index contributed by atoms with van der Waals surface area (Å²) in [5.41, 5.74) is 1.69. The molecular formula is C18H29N3O2. The van der Waals surface area contributed by atoms with Gasteiger partial charge in [-0.1, -0.05) is 26.0 Å². The van der Waals surface area contributed by atoms with Crippen molar-refractivity contribution >= 4 is 11.6 Å². The van der Waals surface area contributed by atoms with Gasteiger partial charge in [0.15, 0.2) is 0 Å². The number of carbonyl (C=O) groups is 1. The summed E-state index contributed by atoms with van der Waals surface area (Å²) in [6, 6.07) is 7.49. The molecule has 1 aliphatic heterocycles. The molecule has 5 heteroatoms. The SMILES string of the molecule is CCC(=O)Nc1ccc(C(O)CCN2CCN(CC)CC2)cc1. The van der Waals surface area contributed by atoms with E-state index in [4.69, 9.17) is 0 Å². The third-order valence-corrected chi connectivity index (χ3v) is 4.53. The molecule has 1 aromatic carbocycles. The van der Waals surface area contributed by atoms with Gasteiger partial charge in [-0.2, -0.15) is 0 Å². The van der Waals surface area contributed by atoms with Gasteiger partial charge in [0.1, 0.15) is 0 Å². The summed E-state index contributed by atoms with van der Waals surface area (Å²) in [5, 5.41) is 13.2. The molecular weight excluding hydrogens is 290 g/mol. The van der Waals surface area contributed by atoms with Crippen LogP contribution >= 0.6 is 0 Å². The van der Waals surface area contributed by atoms with Gasteiger partial charge in [-0.3, -0.25) is 4.79 Å². The monoisotopic (exact) mass is 319 g/mol. The van der Waals surface area contributed by atoms with Crippen molar-refractivity contribution in [3.63, 3.8) is 0 Å². The molecule has 2 N–H and O–H groups in total. The first-order valence-electron chi connectivity index (χ1n) is 8.65. The number of benzene rings is 1. The van der Waals surface area contributed by atoms with Crippen molar-refractivity contribution in [1.82, 2.24) is 9.80 Å². The highest BCUT2D eigenvalue weighted by molar-refractivity contribution is 5.90. The lowest BCUT2D eigenvalue weighted by Gasteiger charge is -2.34. The number of nitrogens with zero attached hydrogens (tertiary/aromatic N) is 2. The molecule has 1 aromatic rings. The van der Waals surface area contributed by atoms with Gasteiger partial charge < -0.3 is 20.2 Å². The second-order valence-corrected chi connectivity index (χ2v) is 6.10. The topological polar surface area (TPSA) is 55.8 Å². The highest BCUT2D eigenvalue weighted by atomic mass is 16.3. The molecule has 128 valence electrons. The first-order chi connectivity index (χ1) is 11.1. The zero-order chi connectivity index (χ0) is 16.7. The molecule has 1 heterocycles. The average molecular weight is 319 g/mol. The zero-order valence-corrected chi connectivity index (χ0v) is 14.3. The number of rotatable bonds is 7. The van der Waals surface area contributed by atoms with Crippen LogP contribution in [0.3, 0.4) is 0 Å². The Balaban J connectivity index is 1.77. The molecule has 0 saturated carbocycles. The van der Waals surface area contributed by atoms with Gasteiger partial charge in [-0.25, -0.2) is 0 Å². The van der Waals surface area contributed by atoms with E-state index in [1.165, 1.54) is 0 Å². The fourth-order valence-corrected chi connectivity index (χ4v) is 2.84. The molecule has 0 radical (unpaired) electrons. The lowest BCUT2D eigenvalue weighted by molar-refractivity contribution is -0.115. The fourth-order valence-electron chi connectivity index (χ4n) is 2.84. The van der Waals surface area contributed by atoms with Crippen molar-refractivity contribution < 1.29 is 9.90 Å². The standard InChI is InChI=1S/C18H29N3O2/c1-3-18(23)19-16-7-5-15(6-8-16)17(22)9-10-21-13-11-20(4-2)12-14-21/h5-8,17,22H,3-4,9-14H2,1-2H3,(H,19,23). The van der Waals surface area contributed by atoms with Gasteiger partial charge in [0.05, 0.1) is 6.10 Å². The number of anilines is 1. The summed E-state index contributed by atoms with van der Waals surface area (Å²) in [6.07, 6.45) is 0.762. The maximum absolute atomic E-state index is 11.4. The summed E-state index contributed by atoms with van der Waals surface area (Å²) in [6.45, 7) is 10.5. The van der Waals surface area contributed by atoms with E-state index in [0.29, 0.717) is 6.42 Å². The van der Waals surface area contributed by atoms with Crippen molar-refractivity contribution in [2.75, 3.05) is 44.6 Å². The summed E-state index contributed by atoms with van der Waals surface area (Å²) < 4.78 is 0. The highest BCUT2D eigenvalue weighted by Crippen LogP contribution is 2.20. The van der Waals surface area contributed by atoms with Crippen molar-refractivity contribution in [2.24, 2.45) is 0 Å². The number of aliphatic hydroxyl groups excluding tert-OH is 1. The molecule has 1 unspecified atom stereocenters. The summed E-state index contributed by atoms with van der Waals surface area (Å²) in [4.78, 5) is 16.2. The number of carbonyl (C=O) groups excluding carboxylic acids is 1. The number of hydrogen-bond donors (Lipinski definition) is 2. The molecule has 1 fully saturated rings. The number of piperazine rings is 1. The number of aliphatic hydroxyl groups is 1. The number of nitrogens with one attached hydrogen (secondary N) is 1. The van der Waals surface area contributed by atoms with Crippen LogP contribution in [-0.4, -0.2) is 60.1 Å². The minimum absolute atomic E-state index is 0.00419. The Hall–Kier alpha value is -1.43. The second-order valence-electron chi connectivity index (χ2n) is 6.10. The van der Waals surface area contributed by atoms with E-state index in [1.807, 2.05) is 31.2 Å². The van der Waals surface area contributed by atoms with E-state index < -0.39 is 6.10 Å². The first-order valence-corrected chi connectivity index (χ1v) is 8.65. The van der Waals surface area contributed by atoms with Gasteiger partial charge in [-0.05, 0) is 30.7 Å². The Morgan fingerprint density at radius 3 is 2.30 bits per heavy atom. The van der Waals surface area contributed by atoms with E-state index in [-0.39, 0.29) is 5.91 Å². The van der Waals surface area contributed by atoms with Crippen LogP contribution in [0.25, 0.3) is 0 Å². The quantitative estimate of drug-likeness (QED) is 0.808. The number of hydrogen-bond acceptors (Lipinski definition) is 4. The molecule has 0 bridgehead atoms. The molecule has 5 nitrogen and oxygen atoms in total. The fraction of sp³-hybridized carbons (Fsp3) is 0.611. The maximum Gasteiger partial charge on any atom is 0.224 e. The summed E-state index contributed by atoms with van der Waals surface area (Å²) in [5.74, 6) is 0.00419. The lowest BCUT2D eigenvalue weighted by Crippen LogP contribution is -2.46. The predicted molar refractivity (Wildman–Crippen MR) is 93.5 cm³/mol. The lowest BCUT2D eigenvalue weighted by atomic mass is 10.1. The van der Waals surface area contributed by atoms with Crippen LogP contribution < -0.4 is 5.32 Å². The Morgan fingerprint density at radius 2 is 1.74 bits per heavy atom. The van der Waals surface area contributed by atoms with E-state index in [2.05, 4.69) is 22.0 Å². The Labute approximate surface area is 139 Å². The summed E-state index contributed by atoms with van der Waals surface area (Å²) in [7, 11) is 0. The highest BCUT2D eigenvalue weighted by Gasteiger charge is 2.16. The van der Waals surface area contributed by atoms with Crippen LogP contribution in [0.1, 0.15) is 38.4 Å².